The molecule has 0 aliphatic heterocycles. The number of nitrogens with zero attached hydrogens (tertiary/aromatic N) is 2. The third kappa shape index (κ3) is 6.90. The van der Waals surface area contributed by atoms with Gasteiger partial charge in [-0.2, -0.15) is 13.2 Å². The van der Waals surface area contributed by atoms with Gasteiger partial charge in [-0.1, -0.05) is 0 Å². The van der Waals surface area contributed by atoms with Gasteiger partial charge < -0.3 is 11.1 Å². The summed E-state index contributed by atoms with van der Waals surface area (Å²) in [6, 6.07) is 2.02. The van der Waals surface area contributed by atoms with E-state index in [-0.39, 0.29) is 54.9 Å². The summed E-state index contributed by atoms with van der Waals surface area (Å²) >= 11 is -0.0431. The smallest absolute Gasteiger partial charge is 0.369 e. The molecular weight excluding hydrogens is 348 g/mol. The van der Waals surface area contributed by atoms with Crippen LogP contribution in [0.4, 0.5) is 19.0 Å². The Morgan fingerprint density at radius 2 is 1.95 bits per heavy atom. The van der Waals surface area contributed by atoms with Crippen LogP contribution in [0.1, 0.15) is 24.5 Å². The lowest BCUT2D eigenvalue weighted by atomic mass is 9.79. The van der Waals surface area contributed by atoms with E-state index >= 15 is 0 Å². The Kier molecular flexibility index (Phi) is 8.69. The van der Waals surface area contributed by atoms with E-state index in [0.29, 0.717) is 11.7 Å². The van der Waals surface area contributed by atoms with Gasteiger partial charge in [0.1, 0.15) is 12.1 Å². The van der Waals surface area contributed by atoms with Crippen LogP contribution in [-0.4, -0.2) is 33.8 Å². The second-order valence-electron chi connectivity index (χ2n) is 4.48. The molecule has 0 radical (unpaired) electrons. The third-order valence-electron chi connectivity index (χ3n) is 2.95. The fourth-order valence-corrected chi connectivity index (χ4v) is 2.38. The Hall–Kier alpha value is -0.440. The molecule has 1 aromatic heterocycles. The predicted octanol–water partition coefficient (Wildman–Crippen LogP) is 3.19. The standard InChI is InChI=1S/C11H15F3N4S.2ClH/c12-11(13,14)19-2-1-16-10-5-9(17-6-18-10)7-3-8(15)4-7;;/h5-8H,1-4,15H2,(H,16,17,18);2*1H. The van der Waals surface area contributed by atoms with Gasteiger partial charge in [-0.15, -0.1) is 24.8 Å². The lowest BCUT2D eigenvalue weighted by Crippen LogP contribution is -2.35. The summed E-state index contributed by atoms with van der Waals surface area (Å²) in [4.78, 5) is 8.16. The molecule has 0 bridgehead atoms. The van der Waals surface area contributed by atoms with Crippen molar-refractivity contribution in [1.29, 1.82) is 0 Å². The minimum atomic E-state index is -4.18. The van der Waals surface area contributed by atoms with Crippen molar-refractivity contribution in [1.82, 2.24) is 9.97 Å². The zero-order chi connectivity index (χ0) is 13.9. The van der Waals surface area contributed by atoms with Crippen LogP contribution in [0.25, 0.3) is 0 Å². The van der Waals surface area contributed by atoms with Gasteiger partial charge in [-0.25, -0.2) is 9.97 Å². The maximum absolute atomic E-state index is 11.9. The van der Waals surface area contributed by atoms with E-state index in [2.05, 4.69) is 15.3 Å². The Balaban J connectivity index is 0.00000200. The van der Waals surface area contributed by atoms with Crippen LogP contribution in [0.3, 0.4) is 0 Å². The van der Waals surface area contributed by atoms with E-state index in [0.717, 1.165) is 18.5 Å². The molecule has 1 aromatic rings. The quantitative estimate of drug-likeness (QED) is 0.785. The first-order valence-electron chi connectivity index (χ1n) is 5.96. The van der Waals surface area contributed by atoms with Gasteiger partial charge in [0.15, 0.2) is 0 Å². The number of hydrogen-bond donors (Lipinski definition) is 2. The van der Waals surface area contributed by atoms with Crippen molar-refractivity contribution in [2.45, 2.75) is 30.3 Å². The summed E-state index contributed by atoms with van der Waals surface area (Å²) in [6.45, 7) is 0.213. The van der Waals surface area contributed by atoms with Gasteiger partial charge in [0, 0.05) is 36.0 Å². The molecule has 0 aromatic carbocycles. The number of anilines is 1. The van der Waals surface area contributed by atoms with Crippen LogP contribution >= 0.6 is 36.6 Å². The van der Waals surface area contributed by atoms with Crippen molar-refractivity contribution < 1.29 is 13.2 Å². The van der Waals surface area contributed by atoms with E-state index in [4.69, 9.17) is 5.73 Å². The Bertz CT molecular complexity index is 430. The molecule has 1 fully saturated rings. The summed E-state index contributed by atoms with van der Waals surface area (Å²) in [7, 11) is 0. The van der Waals surface area contributed by atoms with Gasteiger partial charge in [0.05, 0.1) is 0 Å². The molecule has 0 spiro atoms. The van der Waals surface area contributed by atoms with Gasteiger partial charge in [-0.3, -0.25) is 0 Å². The second-order valence-corrected chi connectivity index (χ2v) is 5.64. The first kappa shape index (κ1) is 20.6. The number of hydrogen-bond acceptors (Lipinski definition) is 5. The van der Waals surface area contributed by atoms with Gasteiger partial charge >= 0.3 is 5.51 Å². The molecule has 1 aliphatic rings. The van der Waals surface area contributed by atoms with E-state index in [1.165, 1.54) is 6.33 Å². The number of nitrogens with two attached hydrogens (primary N) is 1. The normalized spacial score (nSPS) is 20.8. The molecule has 0 saturated heterocycles. The minimum absolute atomic E-state index is 0. The molecule has 122 valence electrons. The molecule has 2 rings (SSSR count). The predicted molar refractivity (Wildman–Crippen MR) is 83.5 cm³/mol. The minimum Gasteiger partial charge on any atom is -0.369 e. The highest BCUT2D eigenvalue weighted by Crippen LogP contribution is 2.35. The average Bonchev–Trinajstić information content (AvgIpc) is 2.30. The van der Waals surface area contributed by atoms with Crippen LogP contribution in [0.2, 0.25) is 0 Å². The van der Waals surface area contributed by atoms with E-state index in [1.54, 1.807) is 6.07 Å². The largest absolute Gasteiger partial charge is 0.441 e. The highest BCUT2D eigenvalue weighted by molar-refractivity contribution is 8.00. The SMILES string of the molecule is Cl.Cl.NC1CC(c2cc(NCCSC(F)(F)F)ncn2)C1. The molecule has 4 nitrogen and oxygen atoms in total. The van der Waals surface area contributed by atoms with Crippen molar-refractivity contribution in [2.24, 2.45) is 5.73 Å². The first-order chi connectivity index (χ1) is 8.94. The van der Waals surface area contributed by atoms with Crippen LogP contribution in [-0.2, 0) is 0 Å². The lowest BCUT2D eigenvalue weighted by molar-refractivity contribution is -0.0327. The molecule has 0 unspecified atom stereocenters. The zero-order valence-electron chi connectivity index (χ0n) is 11.0. The highest BCUT2D eigenvalue weighted by Gasteiger charge is 2.29. The molecular formula is C11H17Cl2F3N4S. The van der Waals surface area contributed by atoms with Crippen LogP contribution in [0, 0.1) is 0 Å². The first-order valence-corrected chi connectivity index (χ1v) is 6.94. The number of halogens is 5. The molecule has 1 saturated carbocycles. The van der Waals surface area contributed by atoms with Crippen LogP contribution in [0.15, 0.2) is 12.4 Å². The molecule has 0 atom stereocenters. The van der Waals surface area contributed by atoms with Gasteiger partial charge in [-0.05, 0) is 24.6 Å². The number of rotatable bonds is 5. The molecule has 0 amide bonds. The summed E-state index contributed by atoms with van der Waals surface area (Å²) in [5, 5.41) is 2.87. The van der Waals surface area contributed by atoms with Crippen molar-refractivity contribution in [3.05, 3.63) is 18.1 Å². The van der Waals surface area contributed by atoms with Crippen molar-refractivity contribution >= 4 is 42.4 Å². The molecule has 1 heterocycles. The van der Waals surface area contributed by atoms with Crippen LogP contribution < -0.4 is 11.1 Å². The maximum atomic E-state index is 11.9. The molecule has 10 heteroatoms. The fraction of sp³-hybridized carbons (Fsp3) is 0.636. The maximum Gasteiger partial charge on any atom is 0.441 e. The molecule has 21 heavy (non-hydrogen) atoms. The number of aromatic nitrogens is 2. The Labute approximate surface area is 137 Å². The topological polar surface area (TPSA) is 63.8 Å². The summed E-state index contributed by atoms with van der Waals surface area (Å²) in [6.07, 6.45) is 3.24. The van der Waals surface area contributed by atoms with Crippen molar-refractivity contribution in [2.75, 3.05) is 17.6 Å². The van der Waals surface area contributed by atoms with Crippen molar-refractivity contribution in [3.8, 4) is 0 Å². The Morgan fingerprint density at radius 1 is 1.29 bits per heavy atom. The lowest BCUT2D eigenvalue weighted by Gasteiger charge is -2.31. The van der Waals surface area contributed by atoms with E-state index in [1.807, 2.05) is 0 Å². The highest BCUT2D eigenvalue weighted by atomic mass is 35.5. The monoisotopic (exact) mass is 364 g/mol. The summed E-state index contributed by atoms with van der Waals surface area (Å²) in [5.74, 6) is 0.869. The zero-order valence-corrected chi connectivity index (χ0v) is 13.4. The molecule has 1 aliphatic carbocycles. The third-order valence-corrected chi connectivity index (χ3v) is 3.69. The number of alkyl halides is 3. The van der Waals surface area contributed by atoms with E-state index in [9.17, 15) is 13.2 Å². The fourth-order valence-electron chi connectivity index (χ4n) is 1.94. The number of nitrogens with one attached hydrogen (secondary N) is 1. The van der Waals surface area contributed by atoms with Gasteiger partial charge in [0.2, 0.25) is 0 Å². The second kappa shape index (κ2) is 8.87. The molecule has 3 N–H and O–H groups in total. The van der Waals surface area contributed by atoms with E-state index < -0.39 is 5.51 Å². The summed E-state index contributed by atoms with van der Waals surface area (Å²) in [5.41, 5.74) is 2.44. The summed E-state index contributed by atoms with van der Waals surface area (Å²) < 4.78 is 35.8. The Morgan fingerprint density at radius 3 is 2.52 bits per heavy atom. The van der Waals surface area contributed by atoms with Gasteiger partial charge in [0.25, 0.3) is 0 Å². The van der Waals surface area contributed by atoms with Crippen molar-refractivity contribution in [3.63, 3.8) is 0 Å². The van der Waals surface area contributed by atoms with Crippen LogP contribution in [0.5, 0.6) is 0 Å². The average molecular weight is 365 g/mol. The number of thioether (sulfide) groups is 1.